The Bertz CT molecular complexity index is 982. The zero-order valence-corrected chi connectivity index (χ0v) is 17.7. The number of rotatable bonds is 5. The molecule has 1 aliphatic heterocycles. The van der Waals surface area contributed by atoms with Crippen LogP contribution < -0.4 is 0 Å². The first-order valence-electron chi connectivity index (χ1n) is 8.84. The molecule has 162 valence electrons. The van der Waals surface area contributed by atoms with Crippen LogP contribution in [0.4, 0.5) is 0 Å². The SMILES string of the molecule is CC(=O)OC[C@@H]1O[C@@H](n2cnc3c(Cl)nc(Cl)nc32)C[C@@H](OC(C)=O)[C@H]1OC(C)=O. The fourth-order valence-corrected chi connectivity index (χ4v) is 3.58. The van der Waals surface area contributed by atoms with Crippen molar-refractivity contribution in [3.8, 4) is 0 Å². The predicted molar refractivity (Wildman–Crippen MR) is 102 cm³/mol. The zero-order chi connectivity index (χ0) is 22.0. The molecule has 0 saturated carbocycles. The Morgan fingerprint density at radius 2 is 1.83 bits per heavy atom. The van der Waals surface area contributed by atoms with Gasteiger partial charge in [-0.3, -0.25) is 19.0 Å². The number of carbonyl (C=O) groups excluding carboxylic acids is 3. The number of nitrogens with zero attached hydrogens (tertiary/aromatic N) is 4. The average molecular weight is 461 g/mol. The Labute approximate surface area is 180 Å². The van der Waals surface area contributed by atoms with Gasteiger partial charge in [-0.1, -0.05) is 11.6 Å². The third kappa shape index (κ3) is 4.97. The van der Waals surface area contributed by atoms with Crippen molar-refractivity contribution in [1.29, 1.82) is 0 Å². The molecule has 13 heteroatoms. The number of hydrogen-bond acceptors (Lipinski definition) is 10. The average Bonchev–Trinajstić information content (AvgIpc) is 3.05. The van der Waals surface area contributed by atoms with Crippen molar-refractivity contribution in [2.45, 2.75) is 51.7 Å². The predicted octanol–water partition coefficient (Wildman–Crippen LogP) is 1.85. The van der Waals surface area contributed by atoms with E-state index in [9.17, 15) is 14.4 Å². The van der Waals surface area contributed by atoms with E-state index in [1.54, 1.807) is 0 Å². The van der Waals surface area contributed by atoms with Gasteiger partial charge >= 0.3 is 17.9 Å². The largest absolute Gasteiger partial charge is 0.463 e. The summed E-state index contributed by atoms with van der Waals surface area (Å²) in [7, 11) is 0. The second kappa shape index (κ2) is 9.11. The summed E-state index contributed by atoms with van der Waals surface area (Å²) in [6.45, 7) is 3.44. The zero-order valence-electron chi connectivity index (χ0n) is 16.2. The molecule has 0 spiro atoms. The van der Waals surface area contributed by atoms with Crippen LogP contribution >= 0.6 is 23.2 Å². The number of aromatic nitrogens is 4. The van der Waals surface area contributed by atoms with Crippen molar-refractivity contribution in [3.63, 3.8) is 0 Å². The van der Waals surface area contributed by atoms with Gasteiger partial charge in [0, 0.05) is 27.2 Å². The Morgan fingerprint density at radius 3 is 2.47 bits per heavy atom. The second-order valence-corrected chi connectivity index (χ2v) is 7.19. The van der Waals surface area contributed by atoms with E-state index in [2.05, 4.69) is 15.0 Å². The normalized spacial score (nSPS) is 23.8. The van der Waals surface area contributed by atoms with Crippen molar-refractivity contribution >= 4 is 52.3 Å². The molecule has 11 nitrogen and oxygen atoms in total. The molecule has 1 aliphatic rings. The van der Waals surface area contributed by atoms with Crippen LogP contribution in [0.2, 0.25) is 10.4 Å². The molecule has 0 aromatic carbocycles. The quantitative estimate of drug-likeness (QED) is 0.281. The Morgan fingerprint density at radius 1 is 1.13 bits per heavy atom. The van der Waals surface area contributed by atoms with E-state index in [0.29, 0.717) is 11.2 Å². The van der Waals surface area contributed by atoms with E-state index < -0.39 is 42.4 Å². The highest BCUT2D eigenvalue weighted by molar-refractivity contribution is 6.35. The third-order valence-electron chi connectivity index (χ3n) is 4.23. The molecule has 2 aromatic rings. The molecule has 0 N–H and O–H groups in total. The number of esters is 3. The maximum atomic E-state index is 11.6. The molecule has 4 atom stereocenters. The summed E-state index contributed by atoms with van der Waals surface area (Å²) in [5.74, 6) is -1.73. The van der Waals surface area contributed by atoms with E-state index >= 15 is 0 Å². The fourth-order valence-electron chi connectivity index (χ4n) is 3.16. The first kappa shape index (κ1) is 22.2. The second-order valence-electron chi connectivity index (χ2n) is 6.50. The van der Waals surface area contributed by atoms with Crippen molar-refractivity contribution in [2.75, 3.05) is 6.61 Å². The van der Waals surface area contributed by atoms with Crippen molar-refractivity contribution < 1.29 is 33.3 Å². The van der Waals surface area contributed by atoms with E-state index in [0.717, 1.165) is 0 Å². The fraction of sp³-hybridized carbons (Fsp3) is 0.529. The lowest BCUT2D eigenvalue weighted by Gasteiger charge is -2.40. The van der Waals surface area contributed by atoms with Gasteiger partial charge in [-0.05, 0) is 11.6 Å². The smallest absolute Gasteiger partial charge is 0.303 e. The number of hydrogen-bond donors (Lipinski definition) is 0. The topological polar surface area (TPSA) is 132 Å². The van der Waals surface area contributed by atoms with Gasteiger partial charge in [-0.15, -0.1) is 0 Å². The number of halogens is 2. The highest BCUT2D eigenvalue weighted by Crippen LogP contribution is 2.34. The van der Waals surface area contributed by atoms with Crippen molar-refractivity contribution in [3.05, 3.63) is 16.8 Å². The monoisotopic (exact) mass is 460 g/mol. The molecule has 0 unspecified atom stereocenters. The van der Waals surface area contributed by atoms with E-state index in [1.807, 2.05) is 0 Å². The lowest BCUT2D eigenvalue weighted by molar-refractivity contribution is -0.226. The van der Waals surface area contributed by atoms with Crippen LogP contribution in [-0.4, -0.2) is 62.3 Å². The van der Waals surface area contributed by atoms with Gasteiger partial charge < -0.3 is 18.9 Å². The van der Waals surface area contributed by atoms with Gasteiger partial charge in [0.25, 0.3) is 0 Å². The summed E-state index contributed by atoms with van der Waals surface area (Å²) in [5, 5.41) is -0.0267. The Balaban J connectivity index is 1.98. The summed E-state index contributed by atoms with van der Waals surface area (Å²) in [6, 6.07) is 0. The molecule has 0 amide bonds. The highest BCUT2D eigenvalue weighted by atomic mass is 35.5. The van der Waals surface area contributed by atoms with Crippen LogP contribution in [0.1, 0.15) is 33.4 Å². The minimum absolute atomic E-state index is 0.0605. The molecular formula is C17H18Cl2N4O7. The van der Waals surface area contributed by atoms with Gasteiger partial charge in [0.05, 0.1) is 6.33 Å². The Hall–Kier alpha value is -2.50. The van der Waals surface area contributed by atoms with Gasteiger partial charge in [0.1, 0.15) is 30.6 Å². The maximum Gasteiger partial charge on any atom is 0.303 e. The lowest BCUT2D eigenvalue weighted by atomic mass is 10.00. The van der Waals surface area contributed by atoms with E-state index in [4.69, 9.17) is 42.1 Å². The van der Waals surface area contributed by atoms with Crippen LogP contribution in [0.5, 0.6) is 0 Å². The molecule has 2 aromatic heterocycles. The molecule has 0 aliphatic carbocycles. The standard InChI is InChI=1S/C17H18Cl2N4O7/c1-7(24)27-5-11-14(29-9(3)26)10(28-8(2)25)4-12(30-11)23-6-20-13-15(18)21-17(19)22-16(13)23/h6,10-12,14H,4-5H2,1-3H3/t10-,11+,12-,14-/m1/s1. The molecule has 3 rings (SSSR count). The summed E-state index contributed by atoms with van der Waals surface area (Å²) in [6.07, 6.45) is -2.04. The summed E-state index contributed by atoms with van der Waals surface area (Å²) in [5.41, 5.74) is 0.594. The lowest BCUT2D eigenvalue weighted by Crippen LogP contribution is -2.52. The van der Waals surface area contributed by atoms with Crippen molar-refractivity contribution in [2.24, 2.45) is 0 Å². The molecular weight excluding hydrogens is 443 g/mol. The molecule has 0 radical (unpaired) electrons. The molecule has 1 saturated heterocycles. The molecule has 30 heavy (non-hydrogen) atoms. The number of imidazole rings is 1. The maximum absolute atomic E-state index is 11.6. The van der Waals surface area contributed by atoms with Gasteiger partial charge in [0.15, 0.2) is 16.9 Å². The van der Waals surface area contributed by atoms with Crippen LogP contribution in [0.15, 0.2) is 6.33 Å². The summed E-state index contributed by atoms with van der Waals surface area (Å²) < 4.78 is 23.3. The van der Waals surface area contributed by atoms with Crippen LogP contribution in [0, 0.1) is 0 Å². The minimum atomic E-state index is -0.987. The number of fused-ring (bicyclic) bond motifs is 1. The summed E-state index contributed by atoms with van der Waals surface area (Å²) in [4.78, 5) is 46.7. The van der Waals surface area contributed by atoms with Gasteiger partial charge in [-0.25, -0.2) is 9.97 Å². The van der Waals surface area contributed by atoms with Crippen LogP contribution in [-0.2, 0) is 33.3 Å². The Kier molecular flexibility index (Phi) is 6.74. The van der Waals surface area contributed by atoms with Crippen LogP contribution in [0.3, 0.4) is 0 Å². The van der Waals surface area contributed by atoms with Crippen molar-refractivity contribution in [1.82, 2.24) is 19.5 Å². The molecule has 3 heterocycles. The highest BCUT2D eigenvalue weighted by Gasteiger charge is 2.44. The first-order valence-corrected chi connectivity index (χ1v) is 9.60. The van der Waals surface area contributed by atoms with Crippen LogP contribution in [0.25, 0.3) is 11.2 Å². The number of carbonyl (C=O) groups is 3. The minimum Gasteiger partial charge on any atom is -0.463 e. The molecule has 0 bridgehead atoms. The summed E-state index contributed by atoms with van der Waals surface area (Å²) >= 11 is 12.0. The van der Waals surface area contributed by atoms with E-state index in [-0.39, 0.29) is 23.5 Å². The van der Waals surface area contributed by atoms with Gasteiger partial charge in [-0.2, -0.15) is 4.98 Å². The van der Waals surface area contributed by atoms with Gasteiger partial charge in [0.2, 0.25) is 5.28 Å². The first-order chi connectivity index (χ1) is 14.2. The van der Waals surface area contributed by atoms with E-state index in [1.165, 1.54) is 31.7 Å². The molecule has 1 fully saturated rings. The number of ether oxygens (including phenoxy) is 4. The third-order valence-corrected chi connectivity index (χ3v) is 4.66.